The van der Waals surface area contributed by atoms with E-state index in [1.54, 1.807) is 0 Å². The van der Waals surface area contributed by atoms with Crippen LogP contribution in [0.15, 0.2) is 42.6 Å². The summed E-state index contributed by atoms with van der Waals surface area (Å²) in [5, 5.41) is 8.41. The number of hydrogen-bond donors (Lipinski definition) is 0. The lowest BCUT2D eigenvalue weighted by Gasteiger charge is -2.17. The zero-order chi connectivity index (χ0) is 15.6. The van der Waals surface area contributed by atoms with E-state index in [1.165, 1.54) is 24.0 Å². The van der Waals surface area contributed by atoms with E-state index in [0.29, 0.717) is 12.5 Å². The molecule has 4 rings (SSSR count). The summed E-state index contributed by atoms with van der Waals surface area (Å²) in [4.78, 5) is 0. The van der Waals surface area contributed by atoms with Crippen molar-refractivity contribution >= 4 is 0 Å². The standard InChI is InChI=1S/C19H23N3O/c1-14-2-4-15(5-3-14)10-22-11-19(20-21-22)13-23-12-18-9-16-6-7-17(18)8-16/h2-7,11,16-18H,8-10,12-13H2,1H3. The van der Waals surface area contributed by atoms with Crippen LogP contribution in [0.5, 0.6) is 0 Å². The Morgan fingerprint density at radius 3 is 2.78 bits per heavy atom. The topological polar surface area (TPSA) is 39.9 Å². The molecule has 3 atom stereocenters. The van der Waals surface area contributed by atoms with Crippen LogP contribution in [0.3, 0.4) is 0 Å². The van der Waals surface area contributed by atoms with Crippen LogP contribution in [-0.2, 0) is 17.9 Å². The fourth-order valence-electron chi connectivity index (χ4n) is 3.76. The molecule has 0 N–H and O–H groups in total. The molecule has 1 aromatic carbocycles. The van der Waals surface area contributed by atoms with E-state index in [4.69, 9.17) is 4.74 Å². The first-order valence-corrected chi connectivity index (χ1v) is 8.47. The number of aromatic nitrogens is 3. The largest absolute Gasteiger partial charge is 0.375 e. The molecule has 4 nitrogen and oxygen atoms in total. The van der Waals surface area contributed by atoms with E-state index >= 15 is 0 Å². The van der Waals surface area contributed by atoms with Gasteiger partial charge in [-0.1, -0.05) is 47.2 Å². The number of hydrogen-bond acceptors (Lipinski definition) is 3. The Kier molecular flexibility index (Phi) is 4.00. The van der Waals surface area contributed by atoms with E-state index in [0.717, 1.165) is 30.7 Å². The molecule has 2 aliphatic carbocycles. The van der Waals surface area contributed by atoms with Crippen molar-refractivity contribution in [2.75, 3.05) is 6.61 Å². The van der Waals surface area contributed by atoms with Gasteiger partial charge in [-0.2, -0.15) is 0 Å². The second-order valence-electron chi connectivity index (χ2n) is 6.95. The summed E-state index contributed by atoms with van der Waals surface area (Å²) in [5.41, 5.74) is 3.43. The minimum absolute atomic E-state index is 0.561. The molecule has 0 radical (unpaired) electrons. The zero-order valence-electron chi connectivity index (χ0n) is 13.6. The summed E-state index contributed by atoms with van der Waals surface area (Å²) in [5.74, 6) is 2.26. The van der Waals surface area contributed by atoms with Crippen molar-refractivity contribution < 1.29 is 4.74 Å². The van der Waals surface area contributed by atoms with Crippen molar-refractivity contribution in [1.82, 2.24) is 15.0 Å². The normalized spacial score (nSPS) is 25.3. The number of fused-ring (bicyclic) bond motifs is 2. The molecule has 1 saturated carbocycles. The average Bonchev–Trinajstić information content (AvgIpc) is 3.27. The Labute approximate surface area is 137 Å². The van der Waals surface area contributed by atoms with Crippen LogP contribution < -0.4 is 0 Å². The molecule has 3 unspecified atom stereocenters. The molecule has 2 bridgehead atoms. The number of benzene rings is 1. The highest BCUT2D eigenvalue weighted by atomic mass is 16.5. The van der Waals surface area contributed by atoms with Crippen LogP contribution in [0, 0.1) is 24.7 Å². The van der Waals surface area contributed by atoms with Gasteiger partial charge in [-0.3, -0.25) is 0 Å². The molecule has 0 spiro atoms. The van der Waals surface area contributed by atoms with Crippen molar-refractivity contribution in [3.05, 3.63) is 59.4 Å². The van der Waals surface area contributed by atoms with Crippen LogP contribution >= 0.6 is 0 Å². The lowest BCUT2D eigenvalue weighted by atomic mass is 9.95. The summed E-state index contributed by atoms with van der Waals surface area (Å²) in [6.07, 6.45) is 9.36. The molecular weight excluding hydrogens is 286 g/mol. The number of nitrogens with zero attached hydrogens (tertiary/aromatic N) is 3. The SMILES string of the molecule is Cc1ccc(Cn2cc(COCC3CC4C=CC3C4)nn2)cc1. The van der Waals surface area contributed by atoms with Gasteiger partial charge >= 0.3 is 0 Å². The van der Waals surface area contributed by atoms with Crippen molar-refractivity contribution in [2.45, 2.75) is 32.9 Å². The Bertz CT molecular complexity index is 689. The van der Waals surface area contributed by atoms with E-state index < -0.39 is 0 Å². The molecule has 0 aliphatic heterocycles. The van der Waals surface area contributed by atoms with Crippen molar-refractivity contribution in [2.24, 2.45) is 17.8 Å². The van der Waals surface area contributed by atoms with E-state index in [-0.39, 0.29) is 0 Å². The van der Waals surface area contributed by atoms with Gasteiger partial charge in [0.1, 0.15) is 5.69 Å². The Morgan fingerprint density at radius 1 is 1.17 bits per heavy atom. The van der Waals surface area contributed by atoms with Crippen LogP contribution in [-0.4, -0.2) is 21.6 Å². The van der Waals surface area contributed by atoms with Gasteiger partial charge < -0.3 is 4.74 Å². The molecular formula is C19H23N3O. The van der Waals surface area contributed by atoms with Gasteiger partial charge in [-0.05, 0) is 43.1 Å². The first-order valence-electron chi connectivity index (χ1n) is 8.47. The molecule has 2 aliphatic rings. The monoisotopic (exact) mass is 309 g/mol. The second-order valence-corrected chi connectivity index (χ2v) is 6.95. The molecule has 2 aromatic rings. The number of allylic oxidation sites excluding steroid dienone is 2. The molecule has 0 saturated heterocycles. The van der Waals surface area contributed by atoms with Crippen molar-refractivity contribution in [1.29, 1.82) is 0 Å². The Morgan fingerprint density at radius 2 is 2.04 bits per heavy atom. The van der Waals surface area contributed by atoms with Crippen LogP contribution in [0.2, 0.25) is 0 Å². The Balaban J connectivity index is 1.26. The van der Waals surface area contributed by atoms with E-state index in [2.05, 4.69) is 53.7 Å². The van der Waals surface area contributed by atoms with Crippen LogP contribution in [0.25, 0.3) is 0 Å². The van der Waals surface area contributed by atoms with Gasteiger partial charge in [0.15, 0.2) is 0 Å². The van der Waals surface area contributed by atoms with Crippen molar-refractivity contribution in [3.63, 3.8) is 0 Å². The molecule has 1 aromatic heterocycles. The van der Waals surface area contributed by atoms with Gasteiger partial charge in [-0.25, -0.2) is 4.68 Å². The third kappa shape index (κ3) is 3.37. The minimum atomic E-state index is 0.561. The van der Waals surface area contributed by atoms with Gasteiger partial charge in [-0.15, -0.1) is 5.10 Å². The summed E-state index contributed by atoms with van der Waals surface area (Å²) >= 11 is 0. The second kappa shape index (κ2) is 6.28. The molecule has 1 heterocycles. The maximum Gasteiger partial charge on any atom is 0.108 e. The van der Waals surface area contributed by atoms with Crippen LogP contribution in [0.4, 0.5) is 0 Å². The maximum absolute atomic E-state index is 5.89. The summed E-state index contributed by atoms with van der Waals surface area (Å²) in [6.45, 7) is 4.26. The first kappa shape index (κ1) is 14.6. The van der Waals surface area contributed by atoms with Crippen molar-refractivity contribution in [3.8, 4) is 0 Å². The van der Waals surface area contributed by atoms with Gasteiger partial charge in [0.05, 0.1) is 26.0 Å². The predicted octanol–water partition coefficient (Wildman–Crippen LogP) is 3.36. The van der Waals surface area contributed by atoms with Gasteiger partial charge in [0, 0.05) is 0 Å². The quantitative estimate of drug-likeness (QED) is 0.768. The van der Waals surface area contributed by atoms with E-state index in [1.807, 2.05) is 10.9 Å². The molecule has 0 amide bonds. The lowest BCUT2D eigenvalue weighted by molar-refractivity contribution is 0.0768. The third-order valence-corrected chi connectivity index (χ3v) is 5.05. The van der Waals surface area contributed by atoms with Gasteiger partial charge in [0.25, 0.3) is 0 Å². The van der Waals surface area contributed by atoms with E-state index in [9.17, 15) is 0 Å². The number of aryl methyl sites for hydroxylation is 1. The average molecular weight is 309 g/mol. The van der Waals surface area contributed by atoms with Gasteiger partial charge in [0.2, 0.25) is 0 Å². The fourth-order valence-corrected chi connectivity index (χ4v) is 3.76. The summed E-state index contributed by atoms with van der Waals surface area (Å²) in [7, 11) is 0. The molecule has 23 heavy (non-hydrogen) atoms. The lowest BCUT2D eigenvalue weighted by Crippen LogP contribution is -2.14. The number of ether oxygens (including phenoxy) is 1. The minimum Gasteiger partial charge on any atom is -0.375 e. The smallest absolute Gasteiger partial charge is 0.108 e. The highest BCUT2D eigenvalue weighted by Crippen LogP contribution is 2.43. The third-order valence-electron chi connectivity index (χ3n) is 5.05. The summed E-state index contributed by atoms with van der Waals surface area (Å²) < 4.78 is 7.76. The van der Waals surface area contributed by atoms with Crippen LogP contribution in [0.1, 0.15) is 29.7 Å². The fraction of sp³-hybridized carbons (Fsp3) is 0.474. The predicted molar refractivity (Wildman–Crippen MR) is 88.8 cm³/mol. The highest BCUT2D eigenvalue weighted by molar-refractivity contribution is 5.21. The first-order chi connectivity index (χ1) is 11.3. The molecule has 1 fully saturated rings. The zero-order valence-corrected chi connectivity index (χ0v) is 13.6. The molecule has 4 heteroatoms. The highest BCUT2D eigenvalue weighted by Gasteiger charge is 2.35. The number of rotatable bonds is 6. The maximum atomic E-state index is 5.89. The summed E-state index contributed by atoms with van der Waals surface area (Å²) in [6, 6.07) is 8.52. The Hall–Kier alpha value is -1.94. The molecule has 120 valence electrons.